The molecule has 0 N–H and O–H groups in total. The molecule has 0 aromatic rings. The fourth-order valence-corrected chi connectivity index (χ4v) is 2.94. The van der Waals surface area contributed by atoms with E-state index in [1.807, 2.05) is 41.5 Å². The van der Waals surface area contributed by atoms with Gasteiger partial charge in [-0.2, -0.15) is 0 Å². The first-order valence-electron chi connectivity index (χ1n) is 10.4. The molecule has 0 saturated carbocycles. The van der Waals surface area contributed by atoms with E-state index in [9.17, 15) is 14.4 Å². The van der Waals surface area contributed by atoms with Crippen molar-refractivity contribution in [3.05, 3.63) is 0 Å². The first-order valence-corrected chi connectivity index (χ1v) is 10.4. The Balaban J connectivity index is 3.84. The Bertz CT molecular complexity index is 465. The zero-order valence-electron chi connectivity index (χ0n) is 18.3. The maximum Gasteiger partial charge on any atom is 0.311 e. The van der Waals surface area contributed by atoms with Crippen LogP contribution in [-0.4, -0.2) is 30.9 Å². The number of unbranched alkanes of at least 4 members (excludes halogenated alkanes) is 3. The van der Waals surface area contributed by atoms with Crippen LogP contribution in [0.2, 0.25) is 0 Å². The van der Waals surface area contributed by atoms with Crippen molar-refractivity contribution >= 4 is 17.7 Å². The first kappa shape index (κ1) is 25.6. The molecule has 0 amide bonds. The van der Waals surface area contributed by atoms with Crippen LogP contribution in [0.5, 0.6) is 0 Å². The van der Waals surface area contributed by atoms with E-state index in [1.54, 1.807) is 0 Å². The lowest BCUT2D eigenvalue weighted by molar-refractivity contribution is -0.154. The third kappa shape index (κ3) is 11.1. The van der Waals surface area contributed by atoms with Gasteiger partial charge in [0.1, 0.15) is 5.78 Å². The lowest BCUT2D eigenvalue weighted by atomic mass is 9.86. The van der Waals surface area contributed by atoms with E-state index in [4.69, 9.17) is 9.47 Å². The zero-order chi connectivity index (χ0) is 20.9. The molecule has 0 fully saturated rings. The Hall–Kier alpha value is -1.39. The van der Waals surface area contributed by atoms with Crippen molar-refractivity contribution in [2.45, 2.75) is 99.3 Å². The summed E-state index contributed by atoms with van der Waals surface area (Å²) in [5.41, 5.74) is -0.934. The van der Waals surface area contributed by atoms with E-state index >= 15 is 0 Å². The van der Waals surface area contributed by atoms with Crippen molar-refractivity contribution in [3.8, 4) is 0 Å². The topological polar surface area (TPSA) is 69.7 Å². The van der Waals surface area contributed by atoms with Gasteiger partial charge < -0.3 is 9.47 Å². The van der Waals surface area contributed by atoms with Crippen LogP contribution < -0.4 is 0 Å². The number of ether oxygens (including phenoxy) is 2. The van der Waals surface area contributed by atoms with Gasteiger partial charge >= 0.3 is 11.9 Å². The molecular weight excluding hydrogens is 344 g/mol. The van der Waals surface area contributed by atoms with Gasteiger partial charge in [0.15, 0.2) is 0 Å². The van der Waals surface area contributed by atoms with E-state index in [-0.39, 0.29) is 17.7 Å². The minimum absolute atomic E-state index is 0.146. The molecule has 0 aliphatic heterocycles. The molecule has 0 aliphatic carbocycles. The van der Waals surface area contributed by atoms with Gasteiger partial charge in [-0.05, 0) is 67.2 Å². The van der Waals surface area contributed by atoms with Gasteiger partial charge in [-0.1, -0.05) is 19.3 Å². The molecule has 5 nitrogen and oxygen atoms in total. The van der Waals surface area contributed by atoms with Crippen LogP contribution in [0.3, 0.4) is 0 Å². The van der Waals surface area contributed by atoms with Crippen molar-refractivity contribution < 1.29 is 23.9 Å². The molecule has 27 heavy (non-hydrogen) atoms. The molecule has 0 aliphatic rings. The van der Waals surface area contributed by atoms with Crippen molar-refractivity contribution in [3.63, 3.8) is 0 Å². The second-order valence-electron chi connectivity index (χ2n) is 8.52. The maximum atomic E-state index is 12.0. The van der Waals surface area contributed by atoms with Crippen LogP contribution in [0.1, 0.15) is 99.3 Å². The molecule has 0 rings (SSSR count). The zero-order valence-corrected chi connectivity index (χ0v) is 18.3. The summed E-state index contributed by atoms with van der Waals surface area (Å²) in [4.78, 5) is 35.6. The molecule has 0 aromatic heterocycles. The first-order chi connectivity index (χ1) is 12.6. The predicted molar refractivity (Wildman–Crippen MR) is 107 cm³/mol. The van der Waals surface area contributed by atoms with E-state index in [2.05, 4.69) is 0 Å². The van der Waals surface area contributed by atoms with Crippen LogP contribution in [0.15, 0.2) is 0 Å². The number of rotatable bonds is 15. The van der Waals surface area contributed by atoms with Gasteiger partial charge in [-0.15, -0.1) is 0 Å². The van der Waals surface area contributed by atoms with E-state index in [1.165, 1.54) is 0 Å². The number of esters is 2. The number of ketones is 1. The molecule has 5 heteroatoms. The molecule has 0 heterocycles. The van der Waals surface area contributed by atoms with E-state index in [0.717, 1.165) is 44.9 Å². The van der Waals surface area contributed by atoms with Crippen LogP contribution in [-0.2, 0) is 23.9 Å². The normalized spacial score (nSPS) is 11.9. The van der Waals surface area contributed by atoms with Crippen molar-refractivity contribution in [2.24, 2.45) is 10.8 Å². The summed E-state index contributed by atoms with van der Waals surface area (Å²) < 4.78 is 10.2. The second kappa shape index (κ2) is 12.9. The van der Waals surface area contributed by atoms with Crippen LogP contribution in [0.4, 0.5) is 0 Å². The van der Waals surface area contributed by atoms with Crippen LogP contribution in [0, 0.1) is 10.8 Å². The summed E-state index contributed by atoms with van der Waals surface area (Å²) in [5.74, 6) is -0.0255. The summed E-state index contributed by atoms with van der Waals surface area (Å²) in [5, 5.41) is 0. The molecule has 0 bridgehead atoms. The predicted octanol–water partition coefficient (Wildman–Crippen LogP) is 5.25. The number of hydrogen-bond donors (Lipinski definition) is 0. The summed E-state index contributed by atoms with van der Waals surface area (Å²) in [6.07, 6.45) is 7.10. The highest BCUT2D eigenvalue weighted by Gasteiger charge is 2.29. The minimum Gasteiger partial charge on any atom is -0.466 e. The van der Waals surface area contributed by atoms with E-state index in [0.29, 0.717) is 26.1 Å². The van der Waals surface area contributed by atoms with Gasteiger partial charge in [0, 0.05) is 12.8 Å². The summed E-state index contributed by atoms with van der Waals surface area (Å²) in [7, 11) is 0. The highest BCUT2D eigenvalue weighted by atomic mass is 16.5. The largest absolute Gasteiger partial charge is 0.466 e. The number of hydrogen-bond acceptors (Lipinski definition) is 5. The number of Topliss-reactive ketones (excluding diaryl/α,β-unsaturated/α-hetero) is 1. The molecule has 0 radical (unpaired) electrons. The van der Waals surface area contributed by atoms with Crippen LogP contribution in [0.25, 0.3) is 0 Å². The van der Waals surface area contributed by atoms with Crippen molar-refractivity contribution in [1.29, 1.82) is 0 Å². The van der Waals surface area contributed by atoms with Crippen molar-refractivity contribution in [1.82, 2.24) is 0 Å². The Morgan fingerprint density at radius 1 is 0.630 bits per heavy atom. The van der Waals surface area contributed by atoms with Gasteiger partial charge in [0.2, 0.25) is 0 Å². The highest BCUT2D eigenvalue weighted by molar-refractivity contribution is 5.78. The monoisotopic (exact) mass is 384 g/mol. The SMILES string of the molecule is CCOC(=O)C(C)(C)CCCCCC(=O)CCCCC(C)(C)C(=O)OCC. The van der Waals surface area contributed by atoms with Crippen LogP contribution >= 0.6 is 0 Å². The number of carbonyl (C=O) groups is 3. The maximum absolute atomic E-state index is 12.0. The third-order valence-electron chi connectivity index (χ3n) is 4.92. The Morgan fingerprint density at radius 3 is 1.41 bits per heavy atom. The molecule has 0 atom stereocenters. The summed E-state index contributed by atoms with van der Waals surface area (Å²) in [6.45, 7) is 12.0. The summed E-state index contributed by atoms with van der Waals surface area (Å²) in [6, 6.07) is 0. The lowest BCUT2D eigenvalue weighted by Crippen LogP contribution is -2.26. The molecule has 0 aromatic carbocycles. The number of carbonyl (C=O) groups excluding carboxylic acids is 3. The second-order valence-corrected chi connectivity index (χ2v) is 8.52. The quantitative estimate of drug-likeness (QED) is 0.285. The van der Waals surface area contributed by atoms with E-state index < -0.39 is 10.8 Å². The standard InChI is InChI=1S/C22H40O5/c1-7-26-19(24)21(3,4)16-12-9-10-14-18(23)15-11-13-17-22(5,6)20(25)27-8-2/h7-17H2,1-6H3. The molecule has 158 valence electrons. The average Bonchev–Trinajstić information content (AvgIpc) is 2.58. The Morgan fingerprint density at radius 2 is 1.00 bits per heavy atom. The van der Waals surface area contributed by atoms with Crippen molar-refractivity contribution in [2.75, 3.05) is 13.2 Å². The average molecular weight is 385 g/mol. The smallest absolute Gasteiger partial charge is 0.311 e. The highest BCUT2D eigenvalue weighted by Crippen LogP contribution is 2.27. The summed E-state index contributed by atoms with van der Waals surface area (Å²) >= 11 is 0. The minimum atomic E-state index is -0.481. The van der Waals surface area contributed by atoms with Gasteiger partial charge in [0.25, 0.3) is 0 Å². The fourth-order valence-electron chi connectivity index (χ4n) is 2.94. The van der Waals surface area contributed by atoms with Gasteiger partial charge in [-0.25, -0.2) is 0 Å². The fraction of sp³-hybridized carbons (Fsp3) is 0.864. The Labute approximate surface area is 165 Å². The molecular formula is C22H40O5. The lowest BCUT2D eigenvalue weighted by Gasteiger charge is -2.22. The Kier molecular flexibility index (Phi) is 12.2. The van der Waals surface area contributed by atoms with Gasteiger partial charge in [0.05, 0.1) is 24.0 Å². The third-order valence-corrected chi connectivity index (χ3v) is 4.92. The molecule has 0 saturated heterocycles. The van der Waals surface area contributed by atoms with Gasteiger partial charge in [-0.3, -0.25) is 14.4 Å². The molecule has 0 spiro atoms. The molecule has 0 unspecified atom stereocenters.